The van der Waals surface area contributed by atoms with Crippen molar-refractivity contribution in [3.63, 3.8) is 0 Å². The number of amides is 1. The number of nitrogens with zero attached hydrogens (tertiary/aromatic N) is 2. The van der Waals surface area contributed by atoms with Crippen LogP contribution in [-0.2, 0) is 0 Å². The van der Waals surface area contributed by atoms with Crippen LogP contribution in [0.3, 0.4) is 0 Å². The highest BCUT2D eigenvalue weighted by atomic mass is 19.1. The Morgan fingerprint density at radius 1 is 0.963 bits per heavy atom. The molecule has 0 saturated carbocycles. The lowest BCUT2D eigenvalue weighted by atomic mass is 10.1. The molecule has 0 fully saturated rings. The van der Waals surface area contributed by atoms with Gasteiger partial charge in [0.05, 0.1) is 5.69 Å². The van der Waals surface area contributed by atoms with E-state index >= 15 is 0 Å². The second-order valence-electron chi connectivity index (χ2n) is 6.19. The zero-order valence-corrected chi connectivity index (χ0v) is 15.1. The number of carbonyl (C=O) groups is 1. The molecule has 2 aromatic carbocycles. The van der Waals surface area contributed by atoms with Crippen LogP contribution in [-0.4, -0.2) is 15.9 Å². The smallest absolute Gasteiger partial charge is 0.274 e. The van der Waals surface area contributed by atoms with Crippen molar-refractivity contribution in [3.8, 4) is 0 Å². The van der Waals surface area contributed by atoms with Gasteiger partial charge in [-0.3, -0.25) is 4.79 Å². The molecule has 1 aromatic heterocycles. The summed E-state index contributed by atoms with van der Waals surface area (Å²) in [5, 5.41) is 5.53. The Hall–Kier alpha value is -3.35. The summed E-state index contributed by atoms with van der Waals surface area (Å²) >= 11 is 0. The summed E-state index contributed by atoms with van der Waals surface area (Å²) in [6, 6.07) is 10.4. The minimum atomic E-state index is -0.776. The van der Waals surface area contributed by atoms with Gasteiger partial charge in [0.1, 0.15) is 17.3 Å². The molecule has 138 valence electrons. The molecule has 1 heterocycles. The highest BCUT2D eigenvalue weighted by molar-refractivity contribution is 6.04. The van der Waals surface area contributed by atoms with Crippen molar-refractivity contribution in [2.24, 2.45) is 0 Å². The Kier molecular flexibility index (Phi) is 5.12. The zero-order chi connectivity index (χ0) is 19.6. The van der Waals surface area contributed by atoms with Crippen LogP contribution in [0.4, 0.5) is 26.1 Å². The number of halogens is 2. The Bertz CT molecular complexity index is 1000. The van der Waals surface area contributed by atoms with Gasteiger partial charge in [-0.25, -0.2) is 18.7 Å². The van der Waals surface area contributed by atoms with E-state index in [0.29, 0.717) is 5.69 Å². The molecule has 0 bridgehead atoms. The molecule has 0 unspecified atom stereocenters. The van der Waals surface area contributed by atoms with Crippen LogP contribution in [0.25, 0.3) is 0 Å². The van der Waals surface area contributed by atoms with E-state index in [2.05, 4.69) is 20.6 Å². The van der Waals surface area contributed by atoms with E-state index in [4.69, 9.17) is 0 Å². The fourth-order valence-electron chi connectivity index (χ4n) is 2.64. The van der Waals surface area contributed by atoms with Gasteiger partial charge in [0.2, 0.25) is 5.95 Å². The first-order valence-electron chi connectivity index (χ1n) is 8.29. The predicted molar refractivity (Wildman–Crippen MR) is 100 cm³/mol. The third kappa shape index (κ3) is 4.25. The lowest BCUT2D eigenvalue weighted by Crippen LogP contribution is -2.17. The van der Waals surface area contributed by atoms with E-state index in [1.165, 1.54) is 12.1 Å². The second kappa shape index (κ2) is 7.49. The van der Waals surface area contributed by atoms with Gasteiger partial charge < -0.3 is 10.6 Å². The highest BCUT2D eigenvalue weighted by Crippen LogP contribution is 2.22. The third-order valence-electron chi connectivity index (χ3n) is 3.98. The summed E-state index contributed by atoms with van der Waals surface area (Å²) < 4.78 is 26.9. The van der Waals surface area contributed by atoms with E-state index in [1.54, 1.807) is 6.92 Å². The molecule has 0 spiro atoms. The molecular weight excluding hydrogens is 350 g/mol. The molecule has 0 radical (unpaired) electrons. The largest absolute Gasteiger partial charge is 0.322 e. The Labute approximate surface area is 155 Å². The van der Waals surface area contributed by atoms with Gasteiger partial charge in [0, 0.05) is 17.4 Å². The van der Waals surface area contributed by atoms with Crippen LogP contribution in [0.2, 0.25) is 0 Å². The van der Waals surface area contributed by atoms with E-state index in [-0.39, 0.29) is 17.3 Å². The van der Waals surface area contributed by atoms with Crippen molar-refractivity contribution >= 4 is 23.2 Å². The number of rotatable bonds is 4. The standard InChI is InChI=1S/C20H18F2N4O/c1-11-5-4-6-12(2)18(11)26-19(27)17-9-13(3)23-20(25-17)24-16-8-7-14(21)10-15(16)22/h4-10H,1-3H3,(H,26,27)(H,23,24,25). The van der Waals surface area contributed by atoms with Crippen LogP contribution in [0.1, 0.15) is 27.3 Å². The van der Waals surface area contributed by atoms with Crippen LogP contribution < -0.4 is 10.6 Å². The molecule has 27 heavy (non-hydrogen) atoms. The first-order chi connectivity index (χ1) is 12.8. The number of aromatic nitrogens is 2. The van der Waals surface area contributed by atoms with Gasteiger partial charge in [-0.15, -0.1) is 0 Å². The van der Waals surface area contributed by atoms with Crippen LogP contribution >= 0.6 is 0 Å². The Morgan fingerprint density at radius 2 is 1.67 bits per heavy atom. The molecule has 0 atom stereocenters. The molecule has 0 aliphatic carbocycles. The van der Waals surface area contributed by atoms with Crippen LogP contribution in [0, 0.1) is 32.4 Å². The number of para-hydroxylation sites is 1. The van der Waals surface area contributed by atoms with Crippen molar-refractivity contribution in [3.05, 3.63) is 76.6 Å². The topological polar surface area (TPSA) is 66.9 Å². The number of aryl methyl sites for hydroxylation is 3. The Morgan fingerprint density at radius 3 is 2.33 bits per heavy atom. The molecule has 0 aliphatic heterocycles. The van der Waals surface area contributed by atoms with Crippen molar-refractivity contribution in [2.75, 3.05) is 10.6 Å². The summed E-state index contributed by atoms with van der Waals surface area (Å²) in [6.07, 6.45) is 0. The molecular formula is C20H18F2N4O. The lowest BCUT2D eigenvalue weighted by Gasteiger charge is -2.12. The molecule has 3 rings (SSSR count). The molecule has 3 aromatic rings. The predicted octanol–water partition coefficient (Wildman–Crippen LogP) is 4.68. The van der Waals surface area contributed by atoms with E-state index in [9.17, 15) is 13.6 Å². The van der Waals surface area contributed by atoms with Crippen molar-refractivity contribution in [2.45, 2.75) is 20.8 Å². The first-order valence-corrected chi connectivity index (χ1v) is 8.29. The normalized spacial score (nSPS) is 10.6. The minimum Gasteiger partial charge on any atom is -0.322 e. The average molecular weight is 368 g/mol. The van der Waals surface area contributed by atoms with Crippen molar-refractivity contribution in [1.82, 2.24) is 9.97 Å². The quantitative estimate of drug-likeness (QED) is 0.702. The van der Waals surface area contributed by atoms with Crippen molar-refractivity contribution < 1.29 is 13.6 Å². The lowest BCUT2D eigenvalue weighted by molar-refractivity contribution is 0.102. The van der Waals surface area contributed by atoms with E-state index < -0.39 is 17.5 Å². The number of benzene rings is 2. The summed E-state index contributed by atoms with van der Waals surface area (Å²) in [4.78, 5) is 20.9. The molecule has 5 nitrogen and oxygen atoms in total. The maximum absolute atomic E-state index is 13.8. The van der Waals surface area contributed by atoms with Gasteiger partial charge in [-0.05, 0) is 50.1 Å². The van der Waals surface area contributed by atoms with Gasteiger partial charge in [0.25, 0.3) is 5.91 Å². The second-order valence-corrected chi connectivity index (χ2v) is 6.19. The fourth-order valence-corrected chi connectivity index (χ4v) is 2.64. The van der Waals surface area contributed by atoms with Crippen LogP contribution in [0.5, 0.6) is 0 Å². The highest BCUT2D eigenvalue weighted by Gasteiger charge is 2.14. The zero-order valence-electron chi connectivity index (χ0n) is 15.1. The van der Waals surface area contributed by atoms with Crippen molar-refractivity contribution in [1.29, 1.82) is 0 Å². The fraction of sp³-hybridized carbons (Fsp3) is 0.150. The Balaban J connectivity index is 1.87. The van der Waals surface area contributed by atoms with E-state index in [1.807, 2.05) is 32.0 Å². The average Bonchev–Trinajstić information content (AvgIpc) is 2.60. The summed E-state index contributed by atoms with van der Waals surface area (Å²) in [5.41, 5.74) is 3.26. The van der Waals surface area contributed by atoms with Gasteiger partial charge in [0.15, 0.2) is 0 Å². The van der Waals surface area contributed by atoms with Crippen LogP contribution in [0.15, 0.2) is 42.5 Å². The first kappa shape index (κ1) is 18.4. The number of hydrogen-bond donors (Lipinski definition) is 2. The molecule has 7 heteroatoms. The summed E-state index contributed by atoms with van der Waals surface area (Å²) in [6.45, 7) is 5.50. The molecule has 0 aliphatic rings. The monoisotopic (exact) mass is 368 g/mol. The van der Waals surface area contributed by atoms with Gasteiger partial charge in [-0.1, -0.05) is 18.2 Å². The maximum Gasteiger partial charge on any atom is 0.274 e. The minimum absolute atomic E-state index is 0.0168. The molecule has 1 amide bonds. The molecule has 2 N–H and O–H groups in total. The number of hydrogen-bond acceptors (Lipinski definition) is 4. The summed E-state index contributed by atoms with van der Waals surface area (Å²) in [7, 11) is 0. The maximum atomic E-state index is 13.8. The summed E-state index contributed by atoms with van der Waals surface area (Å²) in [5.74, 6) is -1.81. The van der Waals surface area contributed by atoms with E-state index in [0.717, 1.165) is 28.9 Å². The number of carbonyl (C=O) groups excluding carboxylic acids is 1. The third-order valence-corrected chi connectivity index (χ3v) is 3.98. The number of anilines is 3. The van der Waals surface area contributed by atoms with Gasteiger partial charge in [-0.2, -0.15) is 0 Å². The SMILES string of the molecule is Cc1cc(C(=O)Nc2c(C)cccc2C)nc(Nc2ccc(F)cc2F)n1. The molecule has 0 saturated heterocycles. The number of nitrogens with one attached hydrogen (secondary N) is 2. The van der Waals surface area contributed by atoms with Gasteiger partial charge >= 0.3 is 0 Å².